The second kappa shape index (κ2) is 6.48. The fraction of sp³-hybridized carbons (Fsp3) is 0.333. The summed E-state index contributed by atoms with van der Waals surface area (Å²) in [7, 11) is 0. The van der Waals surface area contributed by atoms with Crippen LogP contribution in [0.15, 0.2) is 12.1 Å². The van der Waals surface area contributed by atoms with E-state index in [1.165, 1.54) is 12.1 Å². The lowest BCUT2D eigenvalue weighted by atomic mass is 10.1. The summed E-state index contributed by atoms with van der Waals surface area (Å²) >= 11 is 5.70. The molecular weight excluding hydrogens is 299 g/mol. The molecule has 108 valence electrons. The van der Waals surface area contributed by atoms with Crippen LogP contribution in [0.1, 0.15) is 18.1 Å². The molecule has 0 aliphatic rings. The fourth-order valence-corrected chi connectivity index (χ4v) is 1.70. The number of hydrogen-bond donors (Lipinski definition) is 0. The summed E-state index contributed by atoms with van der Waals surface area (Å²) in [5, 5.41) is 8.55. The highest BCUT2D eigenvalue weighted by Crippen LogP contribution is 2.32. The first-order valence-corrected chi connectivity index (χ1v) is 5.78. The maximum atomic E-state index is 12.2. The number of benzene rings is 1. The van der Waals surface area contributed by atoms with E-state index >= 15 is 0 Å². The third-order valence-electron chi connectivity index (χ3n) is 2.11. The number of alkyl halides is 3. The highest BCUT2D eigenvalue weighted by molar-refractivity contribution is 6.32. The van der Waals surface area contributed by atoms with Crippen LogP contribution in [0.25, 0.3) is 0 Å². The zero-order valence-corrected chi connectivity index (χ0v) is 11.0. The van der Waals surface area contributed by atoms with E-state index in [1.807, 2.05) is 0 Å². The van der Waals surface area contributed by atoms with Gasteiger partial charge < -0.3 is 9.47 Å². The van der Waals surface area contributed by atoms with Crippen LogP contribution < -0.4 is 4.74 Å². The van der Waals surface area contributed by atoms with Gasteiger partial charge in [-0.15, -0.1) is 13.2 Å². The molecule has 0 amide bonds. The number of carbonyl (C=O) groups is 1. The Morgan fingerprint density at radius 3 is 2.60 bits per heavy atom. The molecule has 0 bridgehead atoms. The van der Waals surface area contributed by atoms with Crippen LogP contribution in [0.2, 0.25) is 5.02 Å². The van der Waals surface area contributed by atoms with Gasteiger partial charge in [0.15, 0.2) is 0 Å². The molecule has 0 fully saturated rings. The SMILES string of the molecule is CCOC(=O)Cc1cc(Cl)c(C#N)c(OC(F)(F)F)c1. The molecule has 0 saturated heterocycles. The van der Waals surface area contributed by atoms with Crippen LogP contribution in [-0.2, 0) is 16.0 Å². The topological polar surface area (TPSA) is 59.3 Å². The maximum absolute atomic E-state index is 12.2. The van der Waals surface area contributed by atoms with Gasteiger partial charge in [0.2, 0.25) is 0 Å². The molecule has 1 aromatic carbocycles. The molecule has 1 aromatic rings. The first-order valence-electron chi connectivity index (χ1n) is 5.40. The lowest BCUT2D eigenvalue weighted by Gasteiger charge is -2.12. The zero-order chi connectivity index (χ0) is 15.3. The Labute approximate surface area is 117 Å². The molecule has 8 heteroatoms. The van der Waals surface area contributed by atoms with Crippen molar-refractivity contribution in [3.05, 3.63) is 28.3 Å². The average molecular weight is 308 g/mol. The minimum absolute atomic E-state index is 0.148. The quantitative estimate of drug-likeness (QED) is 0.801. The van der Waals surface area contributed by atoms with Gasteiger partial charge in [-0.05, 0) is 24.6 Å². The normalized spacial score (nSPS) is 10.8. The van der Waals surface area contributed by atoms with Gasteiger partial charge in [0, 0.05) is 0 Å². The molecule has 0 aliphatic heterocycles. The Hall–Kier alpha value is -1.94. The summed E-state index contributed by atoms with van der Waals surface area (Å²) in [4.78, 5) is 11.3. The summed E-state index contributed by atoms with van der Waals surface area (Å²) in [5.41, 5.74) is -0.289. The van der Waals surface area contributed by atoms with Gasteiger partial charge in [0.25, 0.3) is 0 Å². The number of hydrogen-bond acceptors (Lipinski definition) is 4. The van der Waals surface area contributed by atoms with Crippen LogP contribution in [0.5, 0.6) is 5.75 Å². The van der Waals surface area contributed by atoms with Gasteiger partial charge in [-0.3, -0.25) is 4.79 Å². The average Bonchev–Trinajstić information content (AvgIpc) is 2.26. The number of ether oxygens (including phenoxy) is 2. The van der Waals surface area contributed by atoms with E-state index in [-0.39, 0.29) is 23.6 Å². The van der Waals surface area contributed by atoms with Crippen molar-refractivity contribution in [2.24, 2.45) is 0 Å². The molecule has 20 heavy (non-hydrogen) atoms. The molecular formula is C12H9ClF3NO3. The van der Waals surface area contributed by atoms with E-state index in [2.05, 4.69) is 9.47 Å². The van der Waals surface area contributed by atoms with Crippen molar-refractivity contribution in [1.82, 2.24) is 0 Å². The first kappa shape index (κ1) is 16.1. The lowest BCUT2D eigenvalue weighted by molar-refractivity contribution is -0.274. The molecule has 1 rings (SSSR count). The summed E-state index contributed by atoms with van der Waals surface area (Å²) in [6.07, 6.45) is -5.23. The van der Waals surface area contributed by atoms with Gasteiger partial charge in [-0.1, -0.05) is 11.6 Å². The van der Waals surface area contributed by atoms with Crippen molar-refractivity contribution in [2.45, 2.75) is 19.7 Å². The van der Waals surface area contributed by atoms with Crippen LogP contribution >= 0.6 is 11.6 Å². The van der Waals surface area contributed by atoms with Crippen LogP contribution in [0.3, 0.4) is 0 Å². The van der Waals surface area contributed by atoms with Gasteiger partial charge >= 0.3 is 12.3 Å². The second-order valence-corrected chi connectivity index (χ2v) is 4.00. The van der Waals surface area contributed by atoms with E-state index in [1.54, 1.807) is 6.92 Å². The molecule has 0 heterocycles. The van der Waals surface area contributed by atoms with E-state index in [0.717, 1.165) is 6.07 Å². The lowest BCUT2D eigenvalue weighted by Crippen LogP contribution is -2.18. The van der Waals surface area contributed by atoms with Crippen LogP contribution in [0.4, 0.5) is 13.2 Å². The fourth-order valence-electron chi connectivity index (χ4n) is 1.43. The predicted octanol–water partition coefficient (Wildman–Crippen LogP) is 3.22. The van der Waals surface area contributed by atoms with Gasteiger partial charge in [0.1, 0.15) is 17.4 Å². The zero-order valence-electron chi connectivity index (χ0n) is 10.3. The number of rotatable bonds is 4. The standard InChI is InChI=1S/C12H9ClF3NO3/c1-2-19-11(18)5-7-3-9(13)8(6-17)10(4-7)20-12(14,15)16/h3-4H,2,5H2,1H3. The molecule has 0 spiro atoms. The molecule has 0 saturated carbocycles. The minimum Gasteiger partial charge on any atom is -0.466 e. The molecule has 0 aromatic heterocycles. The van der Waals surface area contributed by atoms with Gasteiger partial charge in [0.05, 0.1) is 18.1 Å². The van der Waals surface area contributed by atoms with Gasteiger partial charge in [-0.25, -0.2) is 0 Å². The third kappa shape index (κ3) is 4.63. The summed E-state index contributed by atoms with van der Waals surface area (Å²) in [6.45, 7) is 1.75. The Kier molecular flexibility index (Phi) is 5.22. The number of nitrogens with zero attached hydrogens (tertiary/aromatic N) is 1. The summed E-state index contributed by atoms with van der Waals surface area (Å²) in [6, 6.07) is 3.68. The Balaban J connectivity index is 3.12. The second-order valence-electron chi connectivity index (χ2n) is 3.59. The van der Waals surface area contributed by atoms with Crippen molar-refractivity contribution in [2.75, 3.05) is 6.61 Å². The summed E-state index contributed by atoms with van der Waals surface area (Å²) in [5.74, 6) is -1.36. The van der Waals surface area contributed by atoms with Crippen molar-refractivity contribution < 1.29 is 27.4 Å². The monoisotopic (exact) mass is 307 g/mol. The molecule has 0 radical (unpaired) electrons. The molecule has 0 N–H and O–H groups in total. The molecule has 0 aliphatic carbocycles. The van der Waals surface area contributed by atoms with Crippen LogP contribution in [0, 0.1) is 11.3 Å². The Morgan fingerprint density at radius 1 is 1.45 bits per heavy atom. The van der Waals surface area contributed by atoms with Crippen molar-refractivity contribution in [1.29, 1.82) is 5.26 Å². The van der Waals surface area contributed by atoms with Crippen molar-refractivity contribution in [3.63, 3.8) is 0 Å². The third-order valence-corrected chi connectivity index (χ3v) is 2.40. The largest absolute Gasteiger partial charge is 0.573 e. The van der Waals surface area contributed by atoms with E-state index in [9.17, 15) is 18.0 Å². The summed E-state index contributed by atoms with van der Waals surface area (Å²) < 4.78 is 45.1. The molecule has 0 atom stereocenters. The number of halogens is 4. The van der Waals surface area contributed by atoms with E-state index < -0.39 is 23.6 Å². The van der Waals surface area contributed by atoms with Crippen molar-refractivity contribution in [3.8, 4) is 11.8 Å². The Bertz CT molecular complexity index is 552. The Morgan fingerprint density at radius 2 is 2.10 bits per heavy atom. The number of carbonyl (C=O) groups excluding carboxylic acids is 1. The number of nitriles is 1. The smallest absolute Gasteiger partial charge is 0.466 e. The van der Waals surface area contributed by atoms with E-state index in [4.69, 9.17) is 16.9 Å². The predicted molar refractivity (Wildman–Crippen MR) is 63.2 cm³/mol. The molecule has 0 unspecified atom stereocenters. The van der Waals surface area contributed by atoms with Crippen molar-refractivity contribution >= 4 is 17.6 Å². The highest BCUT2D eigenvalue weighted by atomic mass is 35.5. The first-order chi connectivity index (χ1) is 9.26. The maximum Gasteiger partial charge on any atom is 0.573 e. The van der Waals surface area contributed by atoms with E-state index in [0.29, 0.717) is 0 Å². The number of esters is 1. The molecule has 4 nitrogen and oxygen atoms in total. The minimum atomic E-state index is -4.96. The highest BCUT2D eigenvalue weighted by Gasteiger charge is 2.33. The van der Waals surface area contributed by atoms with Gasteiger partial charge in [-0.2, -0.15) is 5.26 Å². The van der Waals surface area contributed by atoms with Crippen LogP contribution in [-0.4, -0.2) is 18.9 Å².